The molecule has 14 heteroatoms. The third kappa shape index (κ3) is 6.27. The topological polar surface area (TPSA) is 183 Å². The number of carbonyl (C=O) groups is 3. The van der Waals surface area contributed by atoms with E-state index >= 15 is 0 Å². The van der Waals surface area contributed by atoms with Gasteiger partial charge in [-0.3, -0.25) is 29.8 Å². The Morgan fingerprint density at radius 3 is 2.41 bits per heavy atom. The third-order valence-corrected chi connectivity index (χ3v) is 6.01. The quantitative estimate of drug-likeness (QED) is 0.157. The highest BCUT2D eigenvalue weighted by atomic mass is 16.6. The van der Waals surface area contributed by atoms with E-state index in [1.54, 1.807) is 12.1 Å². The molecule has 1 fully saturated rings. The van der Waals surface area contributed by atoms with Gasteiger partial charge in [-0.2, -0.15) is 0 Å². The van der Waals surface area contributed by atoms with E-state index in [9.17, 15) is 34.6 Å². The number of hydrogen-bond acceptors (Lipinski definition) is 9. The van der Waals surface area contributed by atoms with Crippen molar-refractivity contribution in [1.82, 2.24) is 10.2 Å². The predicted molar refractivity (Wildman–Crippen MR) is 145 cm³/mol. The molecule has 0 aromatic heterocycles. The van der Waals surface area contributed by atoms with Gasteiger partial charge >= 0.3 is 11.7 Å². The Balaban J connectivity index is 1.51. The SMILES string of the molecule is CCc1ccccc1NC(=O)CN1C(=O)N/C(=C/c2ccc(Oc3ccc([N+](=O)[O-])cc3[N+](=O)[O-])c(OC)c2)C1=O. The molecule has 0 atom stereocenters. The molecule has 0 saturated carbocycles. The lowest BCUT2D eigenvalue weighted by Crippen LogP contribution is -2.38. The number of amides is 4. The Morgan fingerprint density at radius 1 is 1.00 bits per heavy atom. The summed E-state index contributed by atoms with van der Waals surface area (Å²) in [6.45, 7) is 1.44. The van der Waals surface area contributed by atoms with Crippen molar-refractivity contribution in [3.8, 4) is 17.2 Å². The van der Waals surface area contributed by atoms with E-state index < -0.39 is 45.6 Å². The van der Waals surface area contributed by atoms with E-state index in [2.05, 4.69) is 10.6 Å². The fourth-order valence-corrected chi connectivity index (χ4v) is 3.99. The number of nitro benzene ring substituents is 2. The van der Waals surface area contributed by atoms with Crippen LogP contribution in [0.3, 0.4) is 0 Å². The number of anilines is 1. The monoisotopic (exact) mass is 561 g/mol. The van der Waals surface area contributed by atoms with Crippen molar-refractivity contribution < 1.29 is 33.7 Å². The van der Waals surface area contributed by atoms with E-state index in [-0.39, 0.29) is 22.9 Å². The minimum Gasteiger partial charge on any atom is -0.493 e. The van der Waals surface area contributed by atoms with Crippen LogP contribution in [0.5, 0.6) is 17.2 Å². The first-order chi connectivity index (χ1) is 19.6. The summed E-state index contributed by atoms with van der Waals surface area (Å²) in [4.78, 5) is 59.5. The number of methoxy groups -OCH3 is 1. The van der Waals surface area contributed by atoms with Gasteiger partial charge in [0, 0.05) is 11.8 Å². The normalized spacial score (nSPS) is 13.6. The first-order valence-corrected chi connectivity index (χ1v) is 12.1. The predicted octanol–water partition coefficient (Wildman–Crippen LogP) is 4.40. The standard InChI is InChI=1S/C27H23N5O9/c1-3-17-6-4-5-7-19(17)28-25(33)15-30-26(34)20(29-27(30)35)12-16-8-10-23(24(13-16)40-2)41-22-11-9-18(31(36)37)14-21(22)32(38)39/h4-14H,3,15H2,1-2H3,(H,28,33)(H,29,35)/b20-12+. The minimum atomic E-state index is -0.809. The number of hydrogen-bond donors (Lipinski definition) is 2. The van der Waals surface area contributed by atoms with Crippen molar-refractivity contribution in [2.45, 2.75) is 13.3 Å². The van der Waals surface area contributed by atoms with Crippen molar-refractivity contribution >= 4 is 41.0 Å². The Labute approximate surface area is 232 Å². The summed E-state index contributed by atoms with van der Waals surface area (Å²) < 4.78 is 10.9. The highest BCUT2D eigenvalue weighted by molar-refractivity contribution is 6.16. The van der Waals surface area contributed by atoms with Crippen molar-refractivity contribution in [2.24, 2.45) is 0 Å². The molecular formula is C27H23N5O9. The molecule has 4 amide bonds. The second kappa shape index (κ2) is 11.9. The second-order valence-electron chi connectivity index (χ2n) is 8.62. The van der Waals surface area contributed by atoms with Gasteiger partial charge in [-0.1, -0.05) is 31.2 Å². The molecule has 0 spiro atoms. The van der Waals surface area contributed by atoms with Crippen LogP contribution in [0.25, 0.3) is 6.08 Å². The van der Waals surface area contributed by atoms with Gasteiger partial charge in [0.15, 0.2) is 11.5 Å². The fraction of sp³-hybridized carbons (Fsp3) is 0.148. The Morgan fingerprint density at radius 2 is 1.73 bits per heavy atom. The van der Waals surface area contributed by atoms with E-state index in [1.165, 1.54) is 31.4 Å². The number of rotatable bonds is 10. The molecule has 1 heterocycles. The van der Waals surface area contributed by atoms with Gasteiger partial charge in [0.1, 0.15) is 12.2 Å². The largest absolute Gasteiger partial charge is 0.493 e. The zero-order valence-corrected chi connectivity index (χ0v) is 21.8. The molecule has 3 aromatic rings. The molecule has 2 N–H and O–H groups in total. The zero-order chi connectivity index (χ0) is 29.7. The van der Waals surface area contributed by atoms with Crippen molar-refractivity contribution in [3.63, 3.8) is 0 Å². The molecule has 0 radical (unpaired) electrons. The molecule has 4 rings (SSSR count). The second-order valence-corrected chi connectivity index (χ2v) is 8.62. The van der Waals surface area contributed by atoms with Crippen LogP contribution in [0.15, 0.2) is 66.4 Å². The molecule has 1 aliphatic rings. The molecule has 210 valence electrons. The smallest absolute Gasteiger partial charge is 0.329 e. The number of nitrogens with zero attached hydrogens (tertiary/aromatic N) is 3. The Hall–Kier alpha value is -5.79. The average molecular weight is 562 g/mol. The number of ether oxygens (including phenoxy) is 2. The molecular weight excluding hydrogens is 538 g/mol. The summed E-state index contributed by atoms with van der Waals surface area (Å²) in [6, 6.07) is 13.7. The highest BCUT2D eigenvalue weighted by Gasteiger charge is 2.35. The molecule has 0 unspecified atom stereocenters. The molecule has 1 saturated heterocycles. The average Bonchev–Trinajstić information content (AvgIpc) is 3.21. The van der Waals surface area contributed by atoms with Gasteiger partial charge < -0.3 is 20.1 Å². The van der Waals surface area contributed by atoms with Gasteiger partial charge in [0.05, 0.1) is 23.0 Å². The van der Waals surface area contributed by atoms with Crippen molar-refractivity contribution in [3.05, 3.63) is 97.7 Å². The molecule has 41 heavy (non-hydrogen) atoms. The van der Waals surface area contributed by atoms with Crippen LogP contribution < -0.4 is 20.1 Å². The van der Waals surface area contributed by atoms with E-state index in [0.29, 0.717) is 17.7 Å². The van der Waals surface area contributed by atoms with Crippen LogP contribution in [-0.4, -0.2) is 46.2 Å². The van der Waals surface area contributed by atoms with Crippen LogP contribution in [-0.2, 0) is 16.0 Å². The number of imide groups is 1. The maximum Gasteiger partial charge on any atom is 0.329 e. The van der Waals surface area contributed by atoms with E-state index in [1.807, 2.05) is 19.1 Å². The van der Waals surface area contributed by atoms with E-state index in [0.717, 1.165) is 28.7 Å². The number of carbonyl (C=O) groups excluding carboxylic acids is 3. The fourth-order valence-electron chi connectivity index (χ4n) is 3.99. The minimum absolute atomic E-state index is 0.0547. The maximum atomic E-state index is 12.9. The summed E-state index contributed by atoms with van der Waals surface area (Å²) in [5.41, 5.74) is 0.727. The number of aryl methyl sites for hydroxylation is 1. The number of non-ortho nitro benzene ring substituents is 1. The van der Waals surface area contributed by atoms with Crippen molar-refractivity contribution in [2.75, 3.05) is 19.0 Å². The van der Waals surface area contributed by atoms with Gasteiger partial charge in [-0.15, -0.1) is 0 Å². The number of nitrogens with one attached hydrogen (secondary N) is 2. The van der Waals surface area contributed by atoms with Crippen LogP contribution >= 0.6 is 0 Å². The summed E-state index contributed by atoms with van der Waals surface area (Å²) >= 11 is 0. The molecule has 14 nitrogen and oxygen atoms in total. The lowest BCUT2D eigenvalue weighted by atomic mass is 10.1. The lowest BCUT2D eigenvalue weighted by molar-refractivity contribution is -0.394. The summed E-state index contributed by atoms with van der Waals surface area (Å²) in [5.74, 6) is -1.33. The summed E-state index contributed by atoms with van der Waals surface area (Å²) in [6.07, 6.45) is 2.05. The molecule has 0 bridgehead atoms. The summed E-state index contributed by atoms with van der Waals surface area (Å²) in [7, 11) is 1.32. The van der Waals surface area contributed by atoms with Crippen LogP contribution in [0.2, 0.25) is 0 Å². The molecule has 0 aliphatic carbocycles. The lowest BCUT2D eigenvalue weighted by Gasteiger charge is -2.13. The number of urea groups is 1. The third-order valence-electron chi connectivity index (χ3n) is 6.01. The number of para-hydroxylation sites is 1. The number of nitro groups is 2. The van der Waals surface area contributed by atoms with Crippen molar-refractivity contribution in [1.29, 1.82) is 0 Å². The van der Waals surface area contributed by atoms with E-state index in [4.69, 9.17) is 9.47 Å². The maximum absolute atomic E-state index is 12.9. The van der Waals surface area contributed by atoms with Gasteiger partial charge in [0.25, 0.3) is 11.6 Å². The number of benzene rings is 3. The van der Waals surface area contributed by atoms with Crippen LogP contribution in [0.1, 0.15) is 18.1 Å². The first kappa shape index (κ1) is 28.2. The summed E-state index contributed by atoms with van der Waals surface area (Å²) in [5, 5.41) is 27.6. The first-order valence-electron chi connectivity index (χ1n) is 12.1. The Kier molecular flexibility index (Phi) is 8.22. The highest BCUT2D eigenvalue weighted by Crippen LogP contribution is 2.38. The zero-order valence-electron chi connectivity index (χ0n) is 21.8. The van der Waals surface area contributed by atoms with Gasteiger partial charge in [-0.05, 0) is 47.9 Å². The van der Waals surface area contributed by atoms with Crippen LogP contribution in [0.4, 0.5) is 21.9 Å². The van der Waals surface area contributed by atoms with Gasteiger partial charge in [-0.25, -0.2) is 9.69 Å². The molecule has 3 aromatic carbocycles. The Bertz CT molecular complexity index is 1600. The molecule has 1 aliphatic heterocycles. The van der Waals surface area contributed by atoms with Gasteiger partial charge in [0.2, 0.25) is 11.7 Å². The van der Waals surface area contributed by atoms with Crippen LogP contribution in [0, 0.1) is 20.2 Å².